The smallest absolute Gasteiger partial charge is 0.352 e. The Balaban J connectivity index is 1.54. The normalized spacial score (nSPS) is 21.8. The van der Waals surface area contributed by atoms with Crippen LogP contribution in [0, 0.1) is 12.3 Å². The van der Waals surface area contributed by atoms with Crippen LogP contribution < -0.4 is 4.90 Å². The van der Waals surface area contributed by atoms with Crippen molar-refractivity contribution < 1.29 is 27.6 Å². The zero-order valence-corrected chi connectivity index (χ0v) is 22.4. The van der Waals surface area contributed by atoms with Gasteiger partial charge in [-0.1, -0.05) is 91.0 Å². The van der Waals surface area contributed by atoms with E-state index in [2.05, 4.69) is 0 Å². The summed E-state index contributed by atoms with van der Waals surface area (Å²) in [5, 5.41) is 0. The van der Waals surface area contributed by atoms with Gasteiger partial charge in [0.15, 0.2) is 17.3 Å². The minimum Gasteiger partial charge on any atom is -0.352 e. The highest BCUT2D eigenvalue weighted by Crippen LogP contribution is 2.61. The molecule has 2 heterocycles. The number of benzene rings is 4. The number of rotatable bonds is 3. The summed E-state index contributed by atoms with van der Waals surface area (Å²) in [5.74, 6) is -2.23. The van der Waals surface area contributed by atoms with Crippen LogP contribution in [0.15, 0.2) is 103 Å². The molecule has 2 aliphatic heterocycles. The molecule has 0 radical (unpaired) electrons. The van der Waals surface area contributed by atoms with Crippen LogP contribution in [0.5, 0.6) is 0 Å². The van der Waals surface area contributed by atoms with Gasteiger partial charge in [-0.15, -0.1) is 0 Å². The van der Waals surface area contributed by atoms with E-state index in [0.717, 1.165) is 23.3 Å². The Hall–Kier alpha value is -4.78. The summed E-state index contributed by atoms with van der Waals surface area (Å²) >= 11 is 0. The third-order valence-electron chi connectivity index (χ3n) is 8.89. The SMILES string of the molecule is Cc1ccc2c(c1)N1C(C=C2)C2(C(=O)c3ccccc3C2=O)[C@@H](c2ccc(C(F)(F)F)cc2)[C@@H]1C(=O)c1ccccc1. The number of anilines is 1. The second-order valence-corrected chi connectivity index (χ2v) is 11.1. The number of carbonyl (C=O) groups is 3. The van der Waals surface area contributed by atoms with Crippen molar-refractivity contribution >= 4 is 29.1 Å². The molecule has 0 aromatic heterocycles. The third kappa shape index (κ3) is 3.52. The molecule has 4 aromatic carbocycles. The van der Waals surface area contributed by atoms with Crippen LogP contribution in [0.1, 0.15) is 59.2 Å². The fourth-order valence-electron chi connectivity index (χ4n) is 7.10. The lowest BCUT2D eigenvalue weighted by molar-refractivity contribution is -0.137. The summed E-state index contributed by atoms with van der Waals surface area (Å²) < 4.78 is 40.8. The number of nitrogens with zero attached hydrogens (tertiary/aromatic N) is 1. The molecule has 3 atom stereocenters. The van der Waals surface area contributed by atoms with E-state index in [9.17, 15) is 27.6 Å². The van der Waals surface area contributed by atoms with Crippen molar-refractivity contribution in [1.82, 2.24) is 0 Å². The predicted molar refractivity (Wildman–Crippen MR) is 153 cm³/mol. The van der Waals surface area contributed by atoms with E-state index in [1.807, 2.05) is 36.1 Å². The number of ketones is 3. The molecule has 0 bridgehead atoms. The van der Waals surface area contributed by atoms with Gasteiger partial charge in [0.2, 0.25) is 0 Å². The van der Waals surface area contributed by atoms with Crippen molar-refractivity contribution in [3.8, 4) is 0 Å². The van der Waals surface area contributed by atoms with Crippen LogP contribution in [0.4, 0.5) is 18.9 Å². The van der Waals surface area contributed by atoms with Crippen molar-refractivity contribution in [3.05, 3.63) is 142 Å². The molecule has 0 saturated carbocycles. The van der Waals surface area contributed by atoms with Crippen molar-refractivity contribution in [3.63, 3.8) is 0 Å². The molecule has 208 valence electrons. The van der Waals surface area contributed by atoms with Gasteiger partial charge in [0.1, 0.15) is 11.5 Å². The van der Waals surface area contributed by atoms with Crippen molar-refractivity contribution in [2.24, 2.45) is 5.41 Å². The van der Waals surface area contributed by atoms with Crippen molar-refractivity contribution in [1.29, 1.82) is 0 Å². The Morgan fingerprint density at radius 3 is 2.05 bits per heavy atom. The monoisotopic (exact) mass is 563 g/mol. The van der Waals surface area contributed by atoms with Gasteiger partial charge in [-0.3, -0.25) is 14.4 Å². The minimum atomic E-state index is -4.57. The highest BCUT2D eigenvalue weighted by atomic mass is 19.4. The molecular formula is C35H24F3NO3. The topological polar surface area (TPSA) is 54.5 Å². The summed E-state index contributed by atoms with van der Waals surface area (Å²) in [6, 6.07) is 23.6. The van der Waals surface area contributed by atoms with Crippen LogP contribution in [0.25, 0.3) is 6.08 Å². The van der Waals surface area contributed by atoms with Crippen LogP contribution in [-0.2, 0) is 6.18 Å². The van der Waals surface area contributed by atoms with Gasteiger partial charge in [-0.2, -0.15) is 13.2 Å². The Kier molecular flexibility index (Phi) is 5.67. The molecule has 0 N–H and O–H groups in total. The number of hydrogen-bond donors (Lipinski definition) is 0. The van der Waals surface area contributed by atoms with E-state index in [0.29, 0.717) is 16.8 Å². The number of alkyl halides is 3. The van der Waals surface area contributed by atoms with Gasteiger partial charge < -0.3 is 4.90 Å². The van der Waals surface area contributed by atoms with Gasteiger partial charge in [-0.25, -0.2) is 0 Å². The maximum atomic E-state index is 14.6. The van der Waals surface area contributed by atoms with E-state index in [-0.39, 0.29) is 16.9 Å². The number of carbonyl (C=O) groups excluding carboxylic acids is 3. The summed E-state index contributed by atoms with van der Waals surface area (Å²) in [6.07, 6.45) is -0.911. The second-order valence-electron chi connectivity index (χ2n) is 11.1. The molecule has 42 heavy (non-hydrogen) atoms. The standard InChI is InChI=1S/C35H24F3NO3/c1-20-11-12-21-15-18-28-34(32(41)25-9-5-6-10-26(25)33(34)42)29(22-13-16-24(17-14-22)35(36,37)38)30(39(28)27(21)19-20)31(40)23-7-3-2-4-8-23/h2-19,28-30H,1H3/t28?,29-,30+/m0/s1. The van der Waals surface area contributed by atoms with Crippen molar-refractivity contribution in [2.75, 3.05) is 4.90 Å². The van der Waals surface area contributed by atoms with Crippen LogP contribution >= 0.6 is 0 Å². The van der Waals surface area contributed by atoms with E-state index in [4.69, 9.17) is 0 Å². The van der Waals surface area contributed by atoms with Crippen LogP contribution in [0.3, 0.4) is 0 Å². The van der Waals surface area contributed by atoms with Crippen LogP contribution in [0.2, 0.25) is 0 Å². The third-order valence-corrected chi connectivity index (χ3v) is 8.89. The Bertz CT molecular complexity index is 1770. The molecule has 7 rings (SSSR count). The first-order valence-electron chi connectivity index (χ1n) is 13.7. The molecule has 4 aromatic rings. The molecular weight excluding hydrogens is 539 g/mol. The zero-order chi connectivity index (χ0) is 29.4. The molecule has 1 aliphatic carbocycles. The van der Waals surface area contributed by atoms with Gasteiger partial charge in [0, 0.05) is 28.3 Å². The molecule has 1 unspecified atom stereocenters. The molecule has 4 nitrogen and oxygen atoms in total. The number of halogens is 3. The lowest BCUT2D eigenvalue weighted by Gasteiger charge is -2.37. The summed E-state index contributed by atoms with van der Waals surface area (Å²) in [5.41, 5.74) is 1.05. The number of fused-ring (bicyclic) bond motifs is 5. The highest BCUT2D eigenvalue weighted by molar-refractivity contribution is 6.32. The Morgan fingerprint density at radius 1 is 0.810 bits per heavy atom. The fourth-order valence-corrected chi connectivity index (χ4v) is 7.10. The fraction of sp³-hybridized carbons (Fsp3) is 0.171. The number of aryl methyl sites for hydroxylation is 1. The Morgan fingerprint density at radius 2 is 1.43 bits per heavy atom. The lowest BCUT2D eigenvalue weighted by Crippen LogP contribution is -2.48. The molecule has 3 aliphatic rings. The van der Waals surface area contributed by atoms with E-state index in [1.54, 1.807) is 60.7 Å². The number of hydrogen-bond acceptors (Lipinski definition) is 4. The summed E-state index contributed by atoms with van der Waals surface area (Å²) in [6.45, 7) is 1.92. The molecule has 1 spiro atoms. The largest absolute Gasteiger partial charge is 0.416 e. The van der Waals surface area contributed by atoms with E-state index >= 15 is 0 Å². The van der Waals surface area contributed by atoms with Gasteiger partial charge in [0.25, 0.3) is 0 Å². The summed E-state index contributed by atoms with van der Waals surface area (Å²) in [4.78, 5) is 45.6. The molecule has 7 heteroatoms. The van der Waals surface area contributed by atoms with Gasteiger partial charge in [0.05, 0.1) is 11.6 Å². The maximum Gasteiger partial charge on any atom is 0.416 e. The van der Waals surface area contributed by atoms with Gasteiger partial charge >= 0.3 is 6.18 Å². The van der Waals surface area contributed by atoms with Crippen molar-refractivity contribution in [2.45, 2.75) is 31.1 Å². The maximum absolute atomic E-state index is 14.6. The molecule has 1 saturated heterocycles. The first-order valence-corrected chi connectivity index (χ1v) is 13.7. The summed E-state index contributed by atoms with van der Waals surface area (Å²) in [7, 11) is 0. The quantitative estimate of drug-likeness (QED) is 0.194. The first-order chi connectivity index (χ1) is 20.1. The van der Waals surface area contributed by atoms with E-state index in [1.165, 1.54) is 12.1 Å². The average molecular weight is 564 g/mol. The highest BCUT2D eigenvalue weighted by Gasteiger charge is 2.71. The first kappa shape index (κ1) is 26.1. The molecule has 1 fully saturated rings. The minimum absolute atomic E-state index is 0.260. The molecule has 0 amide bonds. The predicted octanol–water partition coefficient (Wildman–Crippen LogP) is 7.33. The van der Waals surface area contributed by atoms with Gasteiger partial charge in [-0.05, 0) is 41.8 Å². The second kappa shape index (κ2) is 9.11. The van der Waals surface area contributed by atoms with Crippen LogP contribution in [-0.4, -0.2) is 29.4 Å². The van der Waals surface area contributed by atoms with E-state index < -0.39 is 46.7 Å². The average Bonchev–Trinajstić information content (AvgIpc) is 3.43. The number of Topliss-reactive ketones (excluding diaryl/α,β-unsaturated/α-hetero) is 3. The lowest BCUT2D eigenvalue weighted by atomic mass is 9.64. The zero-order valence-electron chi connectivity index (χ0n) is 22.4. The Labute approximate surface area is 240 Å².